The second-order valence-electron chi connectivity index (χ2n) is 4.53. The summed E-state index contributed by atoms with van der Waals surface area (Å²) < 4.78 is 39.1. The van der Waals surface area contributed by atoms with Gasteiger partial charge < -0.3 is 0 Å². The Morgan fingerprint density at radius 2 is 1.67 bits per heavy atom. The van der Waals surface area contributed by atoms with E-state index < -0.39 is 15.8 Å². The average Bonchev–Trinajstić information content (AvgIpc) is 2.28. The van der Waals surface area contributed by atoms with Crippen LogP contribution < -0.4 is 0 Å². The number of nitrogens with zero attached hydrogens (tertiary/aromatic N) is 1. The molecule has 2 unspecified atom stereocenters. The minimum atomic E-state index is -3.49. The van der Waals surface area contributed by atoms with Gasteiger partial charge in [0, 0.05) is 23.6 Å². The zero-order valence-electron chi connectivity index (χ0n) is 10.3. The molecule has 18 heavy (non-hydrogen) atoms. The fourth-order valence-corrected chi connectivity index (χ4v) is 5.21. The third-order valence-electron chi connectivity index (χ3n) is 2.84. The Labute approximate surface area is 111 Å². The second kappa shape index (κ2) is 5.19. The molecular weight excluding hydrogens is 273 g/mol. The lowest BCUT2D eigenvalue weighted by Crippen LogP contribution is -2.43. The first-order valence-corrected chi connectivity index (χ1v) is 8.19. The van der Waals surface area contributed by atoms with Gasteiger partial charge in [0.25, 0.3) is 0 Å². The third kappa shape index (κ3) is 2.87. The van der Waals surface area contributed by atoms with Crippen LogP contribution in [0, 0.1) is 5.82 Å². The highest BCUT2D eigenvalue weighted by atomic mass is 32.2. The molecule has 0 aliphatic carbocycles. The van der Waals surface area contributed by atoms with Gasteiger partial charge in [-0.3, -0.25) is 0 Å². The van der Waals surface area contributed by atoms with Gasteiger partial charge in [-0.05, 0) is 24.3 Å². The van der Waals surface area contributed by atoms with E-state index in [0.29, 0.717) is 13.1 Å². The van der Waals surface area contributed by atoms with Gasteiger partial charge >= 0.3 is 0 Å². The van der Waals surface area contributed by atoms with Crippen molar-refractivity contribution in [2.45, 2.75) is 29.2 Å². The fraction of sp³-hybridized carbons (Fsp3) is 0.500. The molecule has 1 fully saturated rings. The maximum Gasteiger partial charge on any atom is 0.243 e. The van der Waals surface area contributed by atoms with Crippen molar-refractivity contribution in [1.82, 2.24) is 4.31 Å². The molecule has 3 nitrogen and oxygen atoms in total. The monoisotopic (exact) mass is 289 g/mol. The van der Waals surface area contributed by atoms with E-state index in [0.717, 1.165) is 0 Å². The second-order valence-corrected chi connectivity index (χ2v) is 8.35. The smallest absolute Gasteiger partial charge is 0.207 e. The predicted molar refractivity (Wildman–Crippen MR) is 71.7 cm³/mol. The molecule has 1 heterocycles. The van der Waals surface area contributed by atoms with Crippen molar-refractivity contribution in [2.24, 2.45) is 0 Å². The fourth-order valence-electron chi connectivity index (χ4n) is 2.08. The maximum atomic E-state index is 12.8. The number of benzene rings is 1. The van der Waals surface area contributed by atoms with Crippen LogP contribution in [-0.4, -0.2) is 36.3 Å². The molecule has 0 bridgehead atoms. The van der Waals surface area contributed by atoms with E-state index in [-0.39, 0.29) is 15.4 Å². The summed E-state index contributed by atoms with van der Waals surface area (Å²) in [5, 5.41) is 0.563. The molecule has 0 radical (unpaired) electrons. The first-order chi connectivity index (χ1) is 8.39. The van der Waals surface area contributed by atoms with Crippen LogP contribution in [0.5, 0.6) is 0 Å². The molecular formula is C12H16FNO2S2. The lowest BCUT2D eigenvalue weighted by atomic mass is 10.4. The van der Waals surface area contributed by atoms with E-state index in [2.05, 4.69) is 0 Å². The van der Waals surface area contributed by atoms with E-state index in [1.165, 1.54) is 28.6 Å². The summed E-state index contributed by atoms with van der Waals surface area (Å²) in [6, 6.07) is 5.00. The molecule has 1 aliphatic rings. The highest BCUT2D eigenvalue weighted by molar-refractivity contribution is 8.00. The van der Waals surface area contributed by atoms with Crippen LogP contribution in [-0.2, 0) is 10.0 Å². The number of rotatable bonds is 2. The maximum absolute atomic E-state index is 12.8. The summed E-state index contributed by atoms with van der Waals surface area (Å²) in [4.78, 5) is 0.162. The van der Waals surface area contributed by atoms with Gasteiger partial charge in [-0.2, -0.15) is 16.1 Å². The molecule has 100 valence electrons. The van der Waals surface area contributed by atoms with Crippen LogP contribution in [0.25, 0.3) is 0 Å². The Balaban J connectivity index is 2.28. The Morgan fingerprint density at radius 1 is 1.17 bits per heavy atom. The van der Waals surface area contributed by atoms with Gasteiger partial charge in [-0.15, -0.1) is 0 Å². The highest BCUT2D eigenvalue weighted by Gasteiger charge is 2.31. The highest BCUT2D eigenvalue weighted by Crippen LogP contribution is 2.28. The van der Waals surface area contributed by atoms with Crippen molar-refractivity contribution < 1.29 is 12.8 Å². The number of hydrogen-bond donors (Lipinski definition) is 0. The first kappa shape index (κ1) is 13.8. The number of halogens is 1. The molecule has 1 aromatic rings. The number of hydrogen-bond acceptors (Lipinski definition) is 3. The van der Waals surface area contributed by atoms with Crippen LogP contribution >= 0.6 is 11.8 Å². The van der Waals surface area contributed by atoms with Gasteiger partial charge in [0.1, 0.15) is 5.82 Å². The Bertz CT molecular complexity index is 505. The zero-order valence-corrected chi connectivity index (χ0v) is 12.0. The average molecular weight is 289 g/mol. The molecule has 0 N–H and O–H groups in total. The van der Waals surface area contributed by atoms with Crippen LogP contribution in [0.4, 0.5) is 4.39 Å². The Morgan fingerprint density at radius 3 is 2.17 bits per heavy atom. The van der Waals surface area contributed by atoms with Crippen LogP contribution in [0.1, 0.15) is 13.8 Å². The summed E-state index contributed by atoms with van der Waals surface area (Å²) in [6.07, 6.45) is 0. The summed E-state index contributed by atoms with van der Waals surface area (Å²) in [5.74, 6) is -0.426. The number of thioether (sulfide) groups is 1. The van der Waals surface area contributed by atoms with Crippen molar-refractivity contribution in [2.75, 3.05) is 13.1 Å². The van der Waals surface area contributed by atoms with E-state index >= 15 is 0 Å². The van der Waals surface area contributed by atoms with E-state index in [4.69, 9.17) is 0 Å². The molecule has 0 aromatic heterocycles. The summed E-state index contributed by atoms with van der Waals surface area (Å²) >= 11 is 1.79. The third-order valence-corrected chi connectivity index (χ3v) is 5.91. The van der Waals surface area contributed by atoms with E-state index in [9.17, 15) is 12.8 Å². The molecule has 6 heteroatoms. The van der Waals surface area contributed by atoms with Gasteiger partial charge in [-0.25, -0.2) is 12.8 Å². The van der Waals surface area contributed by atoms with Crippen molar-refractivity contribution in [3.63, 3.8) is 0 Å². The lowest BCUT2D eigenvalue weighted by Gasteiger charge is -2.33. The van der Waals surface area contributed by atoms with Crippen molar-refractivity contribution in [1.29, 1.82) is 0 Å². The van der Waals surface area contributed by atoms with Gasteiger partial charge in [0.05, 0.1) is 4.90 Å². The number of sulfonamides is 1. The van der Waals surface area contributed by atoms with Crippen LogP contribution in [0.2, 0.25) is 0 Å². The SMILES string of the molecule is CC1CN(S(=O)(=O)c2ccc(F)cc2)CC(C)S1. The van der Waals surface area contributed by atoms with Crippen molar-refractivity contribution >= 4 is 21.8 Å². The van der Waals surface area contributed by atoms with Crippen LogP contribution in [0.15, 0.2) is 29.2 Å². The topological polar surface area (TPSA) is 37.4 Å². The normalized spacial score (nSPS) is 26.2. The lowest BCUT2D eigenvalue weighted by molar-refractivity contribution is 0.405. The minimum absolute atomic E-state index is 0.162. The largest absolute Gasteiger partial charge is 0.243 e. The molecule has 1 aliphatic heterocycles. The van der Waals surface area contributed by atoms with Gasteiger partial charge in [-0.1, -0.05) is 13.8 Å². The van der Waals surface area contributed by atoms with Gasteiger partial charge in [0.2, 0.25) is 10.0 Å². The summed E-state index contributed by atoms with van der Waals surface area (Å²) in [5.41, 5.74) is 0. The predicted octanol–water partition coefficient (Wildman–Crippen LogP) is 2.34. The Hall–Kier alpha value is -0.590. The van der Waals surface area contributed by atoms with Crippen molar-refractivity contribution in [3.05, 3.63) is 30.1 Å². The van der Waals surface area contributed by atoms with Crippen molar-refractivity contribution in [3.8, 4) is 0 Å². The molecule has 0 amide bonds. The Kier molecular flexibility index (Phi) is 3.99. The standard InChI is InChI=1S/C12H16FNO2S2/c1-9-7-14(8-10(2)17-9)18(15,16)12-5-3-11(13)4-6-12/h3-6,9-10H,7-8H2,1-2H3. The van der Waals surface area contributed by atoms with Gasteiger partial charge in [0.15, 0.2) is 0 Å². The van der Waals surface area contributed by atoms with E-state index in [1.807, 2.05) is 13.8 Å². The van der Waals surface area contributed by atoms with E-state index in [1.54, 1.807) is 11.8 Å². The van der Waals surface area contributed by atoms with Crippen LogP contribution in [0.3, 0.4) is 0 Å². The molecule has 0 saturated carbocycles. The quantitative estimate of drug-likeness (QED) is 0.838. The summed E-state index contributed by atoms with van der Waals surface area (Å²) in [7, 11) is -3.49. The minimum Gasteiger partial charge on any atom is -0.207 e. The molecule has 0 spiro atoms. The summed E-state index contributed by atoms with van der Waals surface area (Å²) in [6.45, 7) is 5.06. The molecule has 2 rings (SSSR count). The zero-order chi connectivity index (χ0) is 13.3. The molecule has 2 atom stereocenters. The molecule has 1 saturated heterocycles. The first-order valence-electron chi connectivity index (χ1n) is 5.81. The molecule has 1 aromatic carbocycles.